The highest BCUT2D eigenvalue weighted by atomic mass is 19.1. The van der Waals surface area contributed by atoms with E-state index >= 15 is 0 Å². The molecule has 2 heterocycles. The molecule has 0 atom stereocenters. The van der Waals surface area contributed by atoms with Crippen molar-refractivity contribution in [1.82, 2.24) is 9.88 Å². The Morgan fingerprint density at radius 1 is 1.13 bits per heavy atom. The van der Waals surface area contributed by atoms with Crippen LogP contribution in [0.5, 0.6) is 0 Å². The normalized spacial score (nSPS) is 15.0. The third kappa shape index (κ3) is 4.20. The van der Waals surface area contributed by atoms with Crippen LogP contribution >= 0.6 is 0 Å². The summed E-state index contributed by atoms with van der Waals surface area (Å²) in [5, 5.41) is 2.96. The van der Waals surface area contributed by atoms with E-state index in [0.29, 0.717) is 48.7 Å². The number of nitrogens with zero attached hydrogens (tertiary/aromatic N) is 2. The average Bonchev–Trinajstić information content (AvgIpc) is 3.18. The van der Waals surface area contributed by atoms with E-state index in [1.54, 1.807) is 4.90 Å². The van der Waals surface area contributed by atoms with Crippen molar-refractivity contribution >= 4 is 28.6 Å². The van der Waals surface area contributed by atoms with Gasteiger partial charge in [-0.2, -0.15) is 0 Å². The second-order valence-corrected chi connectivity index (χ2v) is 7.95. The number of hydrogen-bond acceptors (Lipinski definition) is 4. The van der Waals surface area contributed by atoms with Gasteiger partial charge in [-0.25, -0.2) is 9.37 Å². The molecule has 1 aromatic heterocycles. The molecular weight excluding hydrogens is 385 g/mol. The zero-order valence-corrected chi connectivity index (χ0v) is 17.0. The summed E-state index contributed by atoms with van der Waals surface area (Å²) in [5.74, 6) is 0.139. The number of rotatable bonds is 4. The van der Waals surface area contributed by atoms with Crippen LogP contribution in [-0.2, 0) is 4.79 Å². The van der Waals surface area contributed by atoms with Crippen molar-refractivity contribution in [2.45, 2.75) is 32.6 Å². The number of likely N-dealkylation sites (tertiary alicyclic amines) is 1. The second-order valence-electron chi connectivity index (χ2n) is 7.95. The summed E-state index contributed by atoms with van der Waals surface area (Å²) < 4.78 is 18.8. The predicted octanol–water partition coefficient (Wildman–Crippen LogP) is 4.58. The molecule has 3 aromatic rings. The van der Waals surface area contributed by atoms with Gasteiger partial charge in [-0.15, -0.1) is 0 Å². The van der Waals surface area contributed by atoms with E-state index in [-0.39, 0.29) is 29.5 Å². The molecule has 1 fully saturated rings. The lowest BCUT2D eigenvalue weighted by molar-refractivity contribution is -0.121. The van der Waals surface area contributed by atoms with Crippen LogP contribution in [-0.4, -0.2) is 34.8 Å². The van der Waals surface area contributed by atoms with Crippen molar-refractivity contribution in [3.63, 3.8) is 0 Å². The summed E-state index contributed by atoms with van der Waals surface area (Å²) in [5.41, 5.74) is 2.56. The molecule has 1 saturated heterocycles. The number of hydrogen-bond donors (Lipinski definition) is 1. The fourth-order valence-electron chi connectivity index (χ4n) is 3.63. The number of fused-ring (bicyclic) bond motifs is 1. The standard InChI is InChI=1S/C23H24FN3O3/c1-14(2)22-26-19-13-18(7-8-20(19)30-22)25-21(28)15-9-11-27(12-10-15)23(29)16-3-5-17(24)6-4-16/h3-8,13-15H,9-12H2,1-2H3,(H,25,28). The summed E-state index contributed by atoms with van der Waals surface area (Å²) >= 11 is 0. The van der Waals surface area contributed by atoms with Crippen LogP contribution in [0.2, 0.25) is 0 Å². The number of halogens is 1. The third-order valence-electron chi connectivity index (χ3n) is 5.41. The fourth-order valence-corrected chi connectivity index (χ4v) is 3.63. The van der Waals surface area contributed by atoms with Crippen molar-refractivity contribution in [3.05, 3.63) is 59.7 Å². The van der Waals surface area contributed by atoms with Gasteiger partial charge < -0.3 is 14.6 Å². The second kappa shape index (κ2) is 8.26. The van der Waals surface area contributed by atoms with Crippen LogP contribution in [0.1, 0.15) is 48.9 Å². The highest BCUT2D eigenvalue weighted by Crippen LogP contribution is 2.25. The first-order chi connectivity index (χ1) is 14.4. The average molecular weight is 409 g/mol. The molecule has 1 aliphatic rings. The number of nitrogens with one attached hydrogen (secondary N) is 1. The molecule has 156 valence electrons. The number of oxazole rings is 1. The number of piperidine rings is 1. The quantitative estimate of drug-likeness (QED) is 0.684. The van der Waals surface area contributed by atoms with E-state index in [9.17, 15) is 14.0 Å². The summed E-state index contributed by atoms with van der Waals surface area (Å²) in [6.45, 7) is 5.02. The Balaban J connectivity index is 1.35. The fraction of sp³-hybridized carbons (Fsp3) is 0.348. The van der Waals surface area contributed by atoms with Crippen LogP contribution in [0.15, 0.2) is 46.9 Å². The molecule has 30 heavy (non-hydrogen) atoms. The van der Waals surface area contributed by atoms with Crippen molar-refractivity contribution in [1.29, 1.82) is 0 Å². The number of carbonyl (C=O) groups excluding carboxylic acids is 2. The first-order valence-electron chi connectivity index (χ1n) is 10.2. The maximum atomic E-state index is 13.1. The zero-order chi connectivity index (χ0) is 21.3. The molecule has 6 nitrogen and oxygen atoms in total. The monoisotopic (exact) mass is 409 g/mol. The van der Waals surface area contributed by atoms with E-state index in [2.05, 4.69) is 10.3 Å². The zero-order valence-electron chi connectivity index (χ0n) is 17.0. The summed E-state index contributed by atoms with van der Waals surface area (Å²) in [6.07, 6.45) is 1.17. The Labute approximate surface area is 174 Å². The Hall–Kier alpha value is -3.22. The van der Waals surface area contributed by atoms with Gasteiger partial charge in [0.05, 0.1) is 0 Å². The van der Waals surface area contributed by atoms with Crippen LogP contribution in [0.4, 0.5) is 10.1 Å². The minimum Gasteiger partial charge on any atom is -0.440 e. The molecular formula is C23H24FN3O3. The summed E-state index contributed by atoms with van der Waals surface area (Å²) in [4.78, 5) is 31.4. The lowest BCUT2D eigenvalue weighted by Gasteiger charge is -2.31. The van der Waals surface area contributed by atoms with Gasteiger partial charge in [-0.05, 0) is 55.3 Å². The van der Waals surface area contributed by atoms with Gasteiger partial charge in [-0.3, -0.25) is 9.59 Å². The van der Waals surface area contributed by atoms with Crippen molar-refractivity contribution in [3.8, 4) is 0 Å². The van der Waals surface area contributed by atoms with E-state index in [1.165, 1.54) is 24.3 Å². The highest BCUT2D eigenvalue weighted by molar-refractivity contribution is 5.96. The topological polar surface area (TPSA) is 75.4 Å². The number of benzene rings is 2. The molecule has 7 heteroatoms. The lowest BCUT2D eigenvalue weighted by Crippen LogP contribution is -2.41. The third-order valence-corrected chi connectivity index (χ3v) is 5.41. The number of anilines is 1. The van der Waals surface area contributed by atoms with Gasteiger partial charge >= 0.3 is 0 Å². The minimum absolute atomic E-state index is 0.0594. The van der Waals surface area contributed by atoms with Crippen LogP contribution in [0, 0.1) is 11.7 Å². The van der Waals surface area contributed by atoms with E-state index in [4.69, 9.17) is 4.42 Å². The molecule has 0 aliphatic carbocycles. The van der Waals surface area contributed by atoms with Gasteiger partial charge in [-0.1, -0.05) is 13.8 Å². The molecule has 4 rings (SSSR count). The number of aromatic nitrogens is 1. The largest absolute Gasteiger partial charge is 0.440 e. The molecule has 0 spiro atoms. The molecule has 1 aliphatic heterocycles. The molecule has 0 unspecified atom stereocenters. The molecule has 2 aromatic carbocycles. The molecule has 1 N–H and O–H groups in total. The summed E-state index contributed by atoms with van der Waals surface area (Å²) in [7, 11) is 0. The maximum Gasteiger partial charge on any atom is 0.253 e. The molecule has 2 amide bonds. The lowest BCUT2D eigenvalue weighted by atomic mass is 9.95. The van der Waals surface area contributed by atoms with Gasteiger partial charge in [0.15, 0.2) is 11.5 Å². The van der Waals surface area contributed by atoms with Gasteiger partial charge in [0.25, 0.3) is 5.91 Å². The van der Waals surface area contributed by atoms with E-state index in [0.717, 1.165) is 5.52 Å². The maximum absolute atomic E-state index is 13.1. The number of carbonyl (C=O) groups is 2. The first-order valence-corrected chi connectivity index (χ1v) is 10.2. The Morgan fingerprint density at radius 2 is 1.83 bits per heavy atom. The van der Waals surface area contributed by atoms with Crippen molar-refractivity contribution in [2.24, 2.45) is 5.92 Å². The van der Waals surface area contributed by atoms with Crippen LogP contribution < -0.4 is 5.32 Å². The van der Waals surface area contributed by atoms with Crippen molar-refractivity contribution < 1.29 is 18.4 Å². The van der Waals surface area contributed by atoms with E-state index < -0.39 is 0 Å². The van der Waals surface area contributed by atoms with Gasteiger partial charge in [0.2, 0.25) is 5.91 Å². The summed E-state index contributed by atoms with van der Waals surface area (Å²) in [6, 6.07) is 11.0. The predicted molar refractivity (Wildman–Crippen MR) is 112 cm³/mol. The number of amides is 2. The van der Waals surface area contributed by atoms with Crippen LogP contribution in [0.3, 0.4) is 0 Å². The molecule has 0 saturated carbocycles. The molecule has 0 bridgehead atoms. The smallest absolute Gasteiger partial charge is 0.253 e. The Kier molecular flexibility index (Phi) is 5.53. The highest BCUT2D eigenvalue weighted by Gasteiger charge is 2.28. The SMILES string of the molecule is CC(C)c1nc2cc(NC(=O)C3CCN(C(=O)c4ccc(F)cc4)CC3)ccc2o1. The Bertz CT molecular complexity index is 1070. The first kappa shape index (κ1) is 20.1. The van der Waals surface area contributed by atoms with Crippen molar-refractivity contribution in [2.75, 3.05) is 18.4 Å². The van der Waals surface area contributed by atoms with E-state index in [1.807, 2.05) is 32.0 Å². The minimum atomic E-state index is -0.369. The van der Waals surface area contributed by atoms with Crippen LogP contribution in [0.25, 0.3) is 11.1 Å². The Morgan fingerprint density at radius 3 is 2.50 bits per heavy atom. The molecule has 0 radical (unpaired) electrons. The van der Waals surface area contributed by atoms with Gasteiger partial charge in [0, 0.05) is 36.2 Å². The van der Waals surface area contributed by atoms with Gasteiger partial charge in [0.1, 0.15) is 11.3 Å².